The number of benzene rings is 4. The van der Waals surface area contributed by atoms with Gasteiger partial charge in [0.1, 0.15) is 0 Å². The van der Waals surface area contributed by atoms with Gasteiger partial charge in [0.05, 0.1) is 0 Å². The minimum atomic E-state index is 1.17. The zero-order valence-corrected chi connectivity index (χ0v) is 23.0. The number of nitrogens with one attached hydrogen (secondary N) is 2. The van der Waals surface area contributed by atoms with Crippen LogP contribution in [0, 0.1) is 0 Å². The number of hydrogen-bond acceptors (Lipinski definition) is 1. The van der Waals surface area contributed by atoms with E-state index < -0.39 is 0 Å². The molecular formula is C39H29N3+2. The highest BCUT2D eigenvalue weighted by atomic mass is 14.6. The summed E-state index contributed by atoms with van der Waals surface area (Å²) in [7, 11) is 0. The topological polar surface area (TPSA) is 41.2 Å². The molecule has 7 rings (SSSR count). The zero-order valence-electron chi connectivity index (χ0n) is 23.0. The van der Waals surface area contributed by atoms with Crippen LogP contribution in [0.15, 0.2) is 165 Å². The third-order valence-electron chi connectivity index (χ3n) is 7.70. The molecular weight excluding hydrogens is 510 g/mol. The van der Waals surface area contributed by atoms with Crippen molar-refractivity contribution >= 4 is 0 Å². The molecule has 2 N–H and O–H groups in total. The fourth-order valence-electron chi connectivity index (χ4n) is 5.40. The molecule has 0 aliphatic rings. The van der Waals surface area contributed by atoms with Crippen LogP contribution in [0.4, 0.5) is 0 Å². The van der Waals surface area contributed by atoms with Crippen LogP contribution in [0.5, 0.6) is 0 Å². The molecule has 3 nitrogen and oxygen atoms in total. The van der Waals surface area contributed by atoms with Gasteiger partial charge < -0.3 is 0 Å². The number of nitrogens with zero attached hydrogens (tertiary/aromatic N) is 1. The summed E-state index contributed by atoms with van der Waals surface area (Å²) in [5, 5.41) is 0. The van der Waals surface area contributed by atoms with Gasteiger partial charge in [0.15, 0.2) is 24.8 Å². The summed E-state index contributed by atoms with van der Waals surface area (Å²) in [6, 6.07) is 45.9. The molecule has 3 heteroatoms. The first-order valence-electron chi connectivity index (χ1n) is 14.1. The Morgan fingerprint density at radius 2 is 0.500 bits per heavy atom. The lowest BCUT2D eigenvalue weighted by Gasteiger charge is -2.13. The van der Waals surface area contributed by atoms with Crippen LogP contribution < -0.4 is 9.97 Å². The van der Waals surface area contributed by atoms with Crippen LogP contribution in [0.25, 0.3) is 66.8 Å². The molecule has 0 radical (unpaired) electrons. The third-order valence-corrected chi connectivity index (χ3v) is 7.70. The van der Waals surface area contributed by atoms with Crippen molar-refractivity contribution in [3.8, 4) is 66.8 Å². The van der Waals surface area contributed by atoms with Crippen LogP contribution >= 0.6 is 0 Å². The molecule has 198 valence electrons. The molecule has 3 heterocycles. The molecule has 0 spiro atoms. The second kappa shape index (κ2) is 11.4. The molecule has 0 fully saturated rings. The predicted molar refractivity (Wildman–Crippen MR) is 170 cm³/mol. The molecule has 0 saturated heterocycles. The third kappa shape index (κ3) is 5.36. The zero-order chi connectivity index (χ0) is 28.1. The van der Waals surface area contributed by atoms with Crippen molar-refractivity contribution in [2.24, 2.45) is 0 Å². The molecule has 0 saturated carbocycles. The lowest BCUT2D eigenvalue weighted by Crippen LogP contribution is -1.96. The summed E-state index contributed by atoms with van der Waals surface area (Å²) in [5.74, 6) is 0. The molecule has 42 heavy (non-hydrogen) atoms. The van der Waals surface area contributed by atoms with Crippen LogP contribution in [0.1, 0.15) is 0 Å². The van der Waals surface area contributed by atoms with E-state index in [1.807, 2.05) is 49.3 Å². The van der Waals surface area contributed by atoms with Crippen LogP contribution in [0.2, 0.25) is 0 Å². The normalized spacial score (nSPS) is 10.9. The highest BCUT2D eigenvalue weighted by Crippen LogP contribution is 2.35. The molecule has 0 bridgehead atoms. The van der Waals surface area contributed by atoms with Gasteiger partial charge in [-0.3, -0.25) is 4.98 Å². The minimum Gasteiger partial charge on any atom is -0.265 e. The van der Waals surface area contributed by atoms with Gasteiger partial charge in [-0.2, -0.15) is 0 Å². The number of pyridine rings is 3. The highest BCUT2D eigenvalue weighted by Gasteiger charge is 2.10. The summed E-state index contributed by atoms with van der Waals surface area (Å²) in [4.78, 5) is 10.4. The van der Waals surface area contributed by atoms with E-state index >= 15 is 0 Å². The maximum atomic E-state index is 4.16. The highest BCUT2D eigenvalue weighted by molar-refractivity contribution is 5.83. The van der Waals surface area contributed by atoms with Gasteiger partial charge in [-0.1, -0.05) is 72.8 Å². The van der Waals surface area contributed by atoms with Gasteiger partial charge in [-0.25, -0.2) is 9.97 Å². The van der Waals surface area contributed by atoms with Gasteiger partial charge in [0, 0.05) is 36.7 Å². The average molecular weight is 540 g/mol. The van der Waals surface area contributed by atoms with E-state index in [1.165, 1.54) is 66.8 Å². The smallest absolute Gasteiger partial charge is 0.167 e. The lowest BCUT2D eigenvalue weighted by molar-refractivity contribution is -0.378. The first kappa shape index (κ1) is 25.3. The van der Waals surface area contributed by atoms with Crippen LogP contribution in [-0.2, 0) is 0 Å². The Kier molecular flexibility index (Phi) is 6.89. The largest absolute Gasteiger partial charge is 0.265 e. The Morgan fingerprint density at radius 1 is 0.262 bits per heavy atom. The van der Waals surface area contributed by atoms with Gasteiger partial charge >= 0.3 is 0 Å². The average Bonchev–Trinajstić information content (AvgIpc) is 3.09. The van der Waals surface area contributed by atoms with Crippen molar-refractivity contribution in [1.82, 2.24) is 4.98 Å². The van der Waals surface area contributed by atoms with Gasteiger partial charge in [-0.15, -0.1) is 0 Å². The number of rotatable bonds is 6. The minimum absolute atomic E-state index is 1.17. The number of H-pyrrole nitrogens is 2. The van der Waals surface area contributed by atoms with Crippen LogP contribution in [-0.4, -0.2) is 4.98 Å². The van der Waals surface area contributed by atoms with E-state index in [1.54, 1.807) is 0 Å². The first-order chi connectivity index (χ1) is 20.8. The molecule has 7 aromatic rings. The Balaban J connectivity index is 1.29. The molecule has 4 aromatic carbocycles. The Hall–Kier alpha value is -5.67. The van der Waals surface area contributed by atoms with E-state index in [2.05, 4.69) is 130 Å². The van der Waals surface area contributed by atoms with E-state index in [0.29, 0.717) is 0 Å². The van der Waals surface area contributed by atoms with Gasteiger partial charge in [0.2, 0.25) is 0 Å². The Bertz CT molecular complexity index is 1670. The number of aromatic amines is 2. The Labute approximate surface area is 245 Å². The predicted octanol–water partition coefficient (Wildman–Crippen LogP) is 8.71. The maximum absolute atomic E-state index is 4.16. The van der Waals surface area contributed by atoms with Gasteiger partial charge in [0.25, 0.3) is 0 Å². The van der Waals surface area contributed by atoms with Gasteiger partial charge in [-0.05, 0) is 97.1 Å². The Morgan fingerprint density at radius 3 is 0.810 bits per heavy atom. The summed E-state index contributed by atoms with van der Waals surface area (Å²) in [6.45, 7) is 0. The molecule has 3 aromatic heterocycles. The van der Waals surface area contributed by atoms with Crippen molar-refractivity contribution in [2.75, 3.05) is 0 Å². The van der Waals surface area contributed by atoms with Crippen LogP contribution in [0.3, 0.4) is 0 Å². The number of aromatic nitrogens is 3. The van der Waals surface area contributed by atoms with E-state index in [-0.39, 0.29) is 0 Å². The van der Waals surface area contributed by atoms with Crippen molar-refractivity contribution < 1.29 is 9.97 Å². The second-order valence-electron chi connectivity index (χ2n) is 10.3. The summed E-state index contributed by atoms with van der Waals surface area (Å²) >= 11 is 0. The molecule has 0 aliphatic carbocycles. The summed E-state index contributed by atoms with van der Waals surface area (Å²) in [5.41, 5.74) is 14.3. The lowest BCUT2D eigenvalue weighted by atomic mass is 9.91. The molecule has 0 atom stereocenters. The van der Waals surface area contributed by atoms with Crippen molar-refractivity contribution in [2.45, 2.75) is 0 Å². The summed E-state index contributed by atoms with van der Waals surface area (Å²) in [6.07, 6.45) is 11.5. The molecule has 0 aliphatic heterocycles. The quantitative estimate of drug-likeness (QED) is 0.208. The maximum Gasteiger partial charge on any atom is 0.167 e. The van der Waals surface area contributed by atoms with E-state index in [4.69, 9.17) is 0 Å². The monoisotopic (exact) mass is 539 g/mol. The molecule has 0 amide bonds. The first-order valence-corrected chi connectivity index (χ1v) is 14.1. The fourth-order valence-corrected chi connectivity index (χ4v) is 5.40. The number of hydrogen-bond donors (Lipinski definition) is 0. The van der Waals surface area contributed by atoms with Crippen molar-refractivity contribution in [3.63, 3.8) is 0 Å². The SMILES string of the molecule is c1cc(-c2ccc(-c3cc(-c4ccc(-c5cc[nH+]cc5)cc4)cc(-c4ccc(-c5cc[nH+]cc5)cc4)c3)cc2)ccn1. The van der Waals surface area contributed by atoms with E-state index in [9.17, 15) is 0 Å². The molecule has 0 unspecified atom stereocenters. The van der Waals surface area contributed by atoms with Crippen molar-refractivity contribution in [3.05, 3.63) is 165 Å². The second-order valence-corrected chi connectivity index (χ2v) is 10.3. The standard InChI is InChI=1S/C39H27N3/c1-7-31(8-2-28(1)34-13-19-40-20-14-34)37-25-38(32-9-3-29(4-10-32)35-15-21-41-22-16-35)27-39(26-37)33-11-5-30(6-12-33)36-17-23-42-24-18-36/h1-27H/p+2. The summed E-state index contributed by atoms with van der Waals surface area (Å²) < 4.78 is 0. The fraction of sp³-hybridized carbons (Fsp3) is 0. The van der Waals surface area contributed by atoms with Crippen molar-refractivity contribution in [1.29, 1.82) is 0 Å². The van der Waals surface area contributed by atoms with E-state index in [0.717, 1.165) is 0 Å².